The van der Waals surface area contributed by atoms with Crippen molar-refractivity contribution in [2.75, 3.05) is 19.7 Å². The van der Waals surface area contributed by atoms with E-state index in [4.69, 9.17) is 16.3 Å². The normalized spacial score (nSPS) is 11.5. The lowest BCUT2D eigenvalue weighted by atomic mass is 9.93. The highest BCUT2D eigenvalue weighted by Gasteiger charge is 2.20. The maximum absolute atomic E-state index is 11.9. The van der Waals surface area contributed by atoms with E-state index < -0.39 is 12.1 Å². The van der Waals surface area contributed by atoms with E-state index >= 15 is 0 Å². The van der Waals surface area contributed by atoms with Crippen molar-refractivity contribution < 1.29 is 19.7 Å². The minimum absolute atomic E-state index is 0. The highest BCUT2D eigenvalue weighted by Crippen LogP contribution is 2.35. The molecule has 0 aliphatic carbocycles. The fourth-order valence-corrected chi connectivity index (χ4v) is 3.96. The number of benzene rings is 3. The Balaban J connectivity index is 0.00000408. The van der Waals surface area contributed by atoms with Crippen LogP contribution < -0.4 is 10.1 Å². The van der Waals surface area contributed by atoms with Crippen molar-refractivity contribution in [2.45, 2.75) is 32.3 Å². The molecule has 0 aliphatic heterocycles. The van der Waals surface area contributed by atoms with Crippen LogP contribution in [0.2, 0.25) is 5.02 Å². The minimum Gasteiger partial charge on any atom is -0.492 e. The Bertz CT molecular complexity index is 1060. The molecule has 0 fully saturated rings. The third kappa shape index (κ3) is 7.47. The van der Waals surface area contributed by atoms with E-state index in [0.29, 0.717) is 36.9 Å². The Kier molecular flexibility index (Phi) is 11.4. The van der Waals surface area contributed by atoms with Crippen molar-refractivity contribution in [2.24, 2.45) is 0 Å². The second-order valence-electron chi connectivity index (χ2n) is 7.87. The fraction of sp³-hybridized carbons (Fsp3) is 0.296. The molecular formula is C27H31Cl2NO4. The molecule has 0 radical (unpaired) electrons. The molecule has 0 saturated heterocycles. The van der Waals surface area contributed by atoms with Gasteiger partial charge < -0.3 is 20.3 Å². The molecule has 1 atom stereocenters. The van der Waals surface area contributed by atoms with Crippen molar-refractivity contribution in [3.8, 4) is 16.9 Å². The average molecular weight is 504 g/mol. The second kappa shape index (κ2) is 14.0. The summed E-state index contributed by atoms with van der Waals surface area (Å²) in [6.45, 7) is 3.52. The molecule has 3 aromatic carbocycles. The Morgan fingerprint density at radius 1 is 1.09 bits per heavy atom. The van der Waals surface area contributed by atoms with Gasteiger partial charge in [-0.15, -0.1) is 12.4 Å². The van der Waals surface area contributed by atoms with Crippen LogP contribution in [-0.4, -0.2) is 35.9 Å². The first-order chi connectivity index (χ1) is 16.0. The van der Waals surface area contributed by atoms with Crippen molar-refractivity contribution in [3.63, 3.8) is 0 Å². The molecule has 3 aromatic rings. The number of nitrogens with one attached hydrogen (secondary N) is 1. The van der Waals surface area contributed by atoms with Crippen LogP contribution in [0.1, 0.15) is 47.4 Å². The predicted octanol–water partition coefficient (Wildman–Crippen LogP) is 6.17. The molecule has 34 heavy (non-hydrogen) atoms. The number of aliphatic hydroxyl groups is 1. The van der Waals surface area contributed by atoms with Gasteiger partial charge in [0.25, 0.3) is 0 Å². The van der Waals surface area contributed by atoms with Crippen LogP contribution >= 0.6 is 24.0 Å². The van der Waals surface area contributed by atoms with Gasteiger partial charge >= 0.3 is 5.97 Å². The quantitative estimate of drug-likeness (QED) is 0.257. The van der Waals surface area contributed by atoms with Gasteiger partial charge in [-0.05, 0) is 60.7 Å². The Hall–Kier alpha value is -2.57. The molecule has 0 heterocycles. The lowest BCUT2D eigenvalue weighted by Gasteiger charge is -2.19. The van der Waals surface area contributed by atoms with Crippen molar-refractivity contribution >= 4 is 30.0 Å². The van der Waals surface area contributed by atoms with Gasteiger partial charge in [0.1, 0.15) is 11.3 Å². The molecule has 0 amide bonds. The standard InChI is InChI=1S/C27H30ClNO4.ClH/c1-2-16-33-26-23(12-7-15-29-18-25(30)20-10-6-11-21(28)17-20)22(13-14-24(26)27(31)32)19-8-4-3-5-9-19;/h3-6,8-11,13-14,17,25,29-30H,2,7,12,15-16,18H2,1H3,(H,31,32);1H/t25-;/m0./s1. The molecule has 0 aliphatic rings. The number of halogens is 2. The lowest BCUT2D eigenvalue weighted by Crippen LogP contribution is -2.23. The van der Waals surface area contributed by atoms with E-state index in [2.05, 4.69) is 5.32 Å². The van der Waals surface area contributed by atoms with Crippen LogP contribution in [0, 0.1) is 0 Å². The Labute approximate surface area is 212 Å². The van der Waals surface area contributed by atoms with Crippen LogP contribution in [0.4, 0.5) is 0 Å². The van der Waals surface area contributed by atoms with Crippen LogP contribution in [0.3, 0.4) is 0 Å². The maximum atomic E-state index is 11.9. The van der Waals surface area contributed by atoms with E-state index in [1.807, 2.05) is 55.5 Å². The van der Waals surface area contributed by atoms with Gasteiger partial charge in [-0.1, -0.05) is 67.1 Å². The summed E-state index contributed by atoms with van der Waals surface area (Å²) in [6, 6.07) is 20.6. The number of carboxylic acid groups (broad SMARTS) is 1. The molecule has 182 valence electrons. The number of rotatable bonds is 12. The summed E-state index contributed by atoms with van der Waals surface area (Å²) in [5.41, 5.74) is 3.85. The van der Waals surface area contributed by atoms with Crippen LogP contribution in [0.15, 0.2) is 66.7 Å². The number of ether oxygens (including phenoxy) is 1. The molecule has 5 nitrogen and oxygen atoms in total. The molecule has 7 heteroatoms. The van der Waals surface area contributed by atoms with E-state index in [0.717, 1.165) is 35.1 Å². The summed E-state index contributed by atoms with van der Waals surface area (Å²) in [6.07, 6.45) is 1.54. The number of carbonyl (C=O) groups is 1. The number of hydrogen-bond acceptors (Lipinski definition) is 4. The van der Waals surface area contributed by atoms with Crippen LogP contribution in [-0.2, 0) is 6.42 Å². The van der Waals surface area contributed by atoms with E-state index in [-0.39, 0.29) is 18.0 Å². The van der Waals surface area contributed by atoms with Gasteiger partial charge in [0.2, 0.25) is 0 Å². The summed E-state index contributed by atoms with van der Waals surface area (Å²) >= 11 is 6.01. The molecule has 0 aromatic heterocycles. The predicted molar refractivity (Wildman–Crippen MR) is 139 cm³/mol. The first-order valence-corrected chi connectivity index (χ1v) is 11.6. The summed E-state index contributed by atoms with van der Waals surface area (Å²) in [5, 5.41) is 24.0. The zero-order chi connectivity index (χ0) is 23.6. The van der Waals surface area contributed by atoms with Crippen molar-refractivity contribution in [1.29, 1.82) is 0 Å². The smallest absolute Gasteiger partial charge is 0.339 e. The summed E-state index contributed by atoms with van der Waals surface area (Å²) in [7, 11) is 0. The molecule has 0 spiro atoms. The van der Waals surface area contributed by atoms with Crippen molar-refractivity contribution in [3.05, 3.63) is 88.4 Å². The molecule has 0 saturated carbocycles. The summed E-state index contributed by atoms with van der Waals surface area (Å²) < 4.78 is 5.95. The van der Waals surface area contributed by atoms with Crippen molar-refractivity contribution in [1.82, 2.24) is 5.32 Å². The number of aliphatic hydroxyl groups excluding tert-OH is 1. The molecule has 0 unspecified atom stereocenters. The average Bonchev–Trinajstić information content (AvgIpc) is 2.82. The fourth-order valence-electron chi connectivity index (χ4n) is 3.76. The Morgan fingerprint density at radius 3 is 2.53 bits per heavy atom. The molecule has 0 bridgehead atoms. The topological polar surface area (TPSA) is 78.8 Å². The van der Waals surface area contributed by atoms with Crippen LogP contribution in [0.5, 0.6) is 5.75 Å². The van der Waals surface area contributed by atoms with Gasteiger partial charge in [0, 0.05) is 17.1 Å². The zero-order valence-electron chi connectivity index (χ0n) is 19.2. The lowest BCUT2D eigenvalue weighted by molar-refractivity contribution is 0.0692. The maximum Gasteiger partial charge on any atom is 0.339 e. The summed E-state index contributed by atoms with van der Waals surface area (Å²) in [5.74, 6) is -0.547. The van der Waals surface area contributed by atoms with Gasteiger partial charge in [-0.25, -0.2) is 4.79 Å². The molecule has 3 N–H and O–H groups in total. The van der Waals surface area contributed by atoms with E-state index in [1.165, 1.54) is 0 Å². The van der Waals surface area contributed by atoms with E-state index in [9.17, 15) is 15.0 Å². The minimum atomic E-state index is -0.996. The monoisotopic (exact) mass is 503 g/mol. The number of aromatic carboxylic acids is 1. The van der Waals surface area contributed by atoms with Gasteiger partial charge in [-0.3, -0.25) is 0 Å². The highest BCUT2D eigenvalue weighted by atomic mass is 35.5. The van der Waals surface area contributed by atoms with Gasteiger partial charge in [0.05, 0.1) is 12.7 Å². The van der Waals surface area contributed by atoms with Crippen LogP contribution in [0.25, 0.3) is 11.1 Å². The Morgan fingerprint density at radius 2 is 1.85 bits per heavy atom. The molecule has 3 rings (SSSR count). The van der Waals surface area contributed by atoms with Gasteiger partial charge in [0.15, 0.2) is 0 Å². The zero-order valence-corrected chi connectivity index (χ0v) is 20.7. The number of carboxylic acids is 1. The third-order valence-electron chi connectivity index (χ3n) is 5.38. The first-order valence-electron chi connectivity index (χ1n) is 11.2. The molecular weight excluding hydrogens is 473 g/mol. The highest BCUT2D eigenvalue weighted by molar-refractivity contribution is 6.30. The van der Waals surface area contributed by atoms with E-state index in [1.54, 1.807) is 18.2 Å². The second-order valence-corrected chi connectivity index (χ2v) is 8.30. The first kappa shape index (κ1) is 27.7. The largest absolute Gasteiger partial charge is 0.492 e. The van der Waals surface area contributed by atoms with Gasteiger partial charge in [-0.2, -0.15) is 0 Å². The third-order valence-corrected chi connectivity index (χ3v) is 5.61. The SMILES string of the molecule is CCCOc1c(C(=O)O)ccc(-c2ccccc2)c1CCCNC[C@H](O)c1cccc(Cl)c1.Cl. The summed E-state index contributed by atoms with van der Waals surface area (Å²) in [4.78, 5) is 11.9. The number of hydrogen-bond donors (Lipinski definition) is 3.